The monoisotopic (exact) mass is 361 g/mol. The van der Waals surface area contributed by atoms with Gasteiger partial charge >= 0.3 is 0 Å². The van der Waals surface area contributed by atoms with E-state index in [0.29, 0.717) is 22.8 Å². The molecule has 0 bridgehead atoms. The first-order valence-corrected chi connectivity index (χ1v) is 10.4. The number of para-hydroxylation sites is 1. The van der Waals surface area contributed by atoms with Gasteiger partial charge in [0.1, 0.15) is 4.90 Å². The van der Waals surface area contributed by atoms with E-state index >= 15 is 0 Å². The first-order valence-electron chi connectivity index (χ1n) is 8.95. The van der Waals surface area contributed by atoms with Crippen molar-refractivity contribution in [1.29, 1.82) is 0 Å². The lowest BCUT2D eigenvalue weighted by Gasteiger charge is -2.40. The van der Waals surface area contributed by atoms with Crippen molar-refractivity contribution in [2.45, 2.75) is 64.9 Å². The lowest BCUT2D eigenvalue weighted by molar-refractivity contribution is 0.445. The van der Waals surface area contributed by atoms with E-state index in [1.807, 2.05) is 38.1 Å². The average Bonchev–Trinajstić information content (AvgIpc) is 2.87. The average molecular weight is 362 g/mol. The van der Waals surface area contributed by atoms with Gasteiger partial charge < -0.3 is 0 Å². The third-order valence-corrected chi connectivity index (χ3v) is 7.23. The molecule has 1 aromatic carbocycles. The highest BCUT2D eigenvalue weighted by molar-refractivity contribution is 7.93. The van der Waals surface area contributed by atoms with Crippen molar-refractivity contribution in [2.75, 3.05) is 4.31 Å². The molecule has 6 heteroatoms. The van der Waals surface area contributed by atoms with Gasteiger partial charge in [0, 0.05) is 12.6 Å². The molecule has 2 heterocycles. The predicted octanol–water partition coefficient (Wildman–Crippen LogP) is 3.69. The molecule has 0 amide bonds. The molecule has 0 spiro atoms. The van der Waals surface area contributed by atoms with Gasteiger partial charge in [0.15, 0.2) is 0 Å². The molecule has 1 unspecified atom stereocenters. The number of rotatable bonds is 4. The van der Waals surface area contributed by atoms with Crippen molar-refractivity contribution in [3.8, 4) is 0 Å². The molecule has 25 heavy (non-hydrogen) atoms. The van der Waals surface area contributed by atoms with Crippen LogP contribution in [0.4, 0.5) is 5.69 Å². The van der Waals surface area contributed by atoms with Crippen molar-refractivity contribution in [3.05, 3.63) is 41.2 Å². The molecule has 0 saturated heterocycles. The summed E-state index contributed by atoms with van der Waals surface area (Å²) in [6.45, 7) is 10.4. The van der Waals surface area contributed by atoms with Crippen LogP contribution in [-0.4, -0.2) is 24.2 Å². The standard InChI is InChI=1S/C19H27N3O2S/c1-6-21-15(5)19(14(4)20-21)25(23,24)22-17(13(2)3)12-11-16-9-7-8-10-18(16)22/h7-10,13,17H,6,11-12H2,1-5H3. The van der Waals surface area contributed by atoms with Gasteiger partial charge in [0.05, 0.1) is 17.1 Å². The lowest BCUT2D eigenvalue weighted by Crippen LogP contribution is -2.46. The third kappa shape index (κ3) is 2.86. The van der Waals surface area contributed by atoms with Crippen LogP contribution in [0.25, 0.3) is 0 Å². The van der Waals surface area contributed by atoms with Gasteiger partial charge in [0.2, 0.25) is 0 Å². The Balaban J connectivity index is 2.22. The van der Waals surface area contributed by atoms with Gasteiger partial charge in [-0.3, -0.25) is 8.99 Å². The number of aromatic nitrogens is 2. The Morgan fingerprint density at radius 2 is 1.92 bits per heavy atom. The summed E-state index contributed by atoms with van der Waals surface area (Å²) in [4.78, 5) is 0.358. The summed E-state index contributed by atoms with van der Waals surface area (Å²) >= 11 is 0. The minimum Gasteiger partial charge on any atom is -0.268 e. The Labute approximate surface area is 150 Å². The Kier molecular flexibility index (Phi) is 4.66. The Morgan fingerprint density at radius 1 is 1.24 bits per heavy atom. The molecule has 1 aromatic heterocycles. The summed E-state index contributed by atoms with van der Waals surface area (Å²) in [5.74, 6) is 0.241. The van der Waals surface area contributed by atoms with E-state index < -0.39 is 10.0 Å². The van der Waals surface area contributed by atoms with Crippen molar-refractivity contribution < 1.29 is 8.42 Å². The molecule has 136 valence electrons. The molecule has 1 aliphatic heterocycles. The molecule has 0 N–H and O–H groups in total. The summed E-state index contributed by atoms with van der Waals surface area (Å²) in [6, 6.07) is 7.81. The number of nitrogens with zero attached hydrogens (tertiary/aromatic N) is 3. The van der Waals surface area contributed by atoms with Gasteiger partial charge in [-0.1, -0.05) is 32.0 Å². The number of anilines is 1. The number of benzene rings is 1. The number of aryl methyl sites for hydroxylation is 3. The van der Waals surface area contributed by atoms with E-state index in [1.165, 1.54) is 0 Å². The van der Waals surface area contributed by atoms with Crippen LogP contribution < -0.4 is 4.31 Å². The maximum Gasteiger partial charge on any atom is 0.268 e. The largest absolute Gasteiger partial charge is 0.268 e. The Hall–Kier alpha value is -1.82. The summed E-state index contributed by atoms with van der Waals surface area (Å²) in [6.07, 6.45) is 1.76. The van der Waals surface area contributed by atoms with Crippen molar-refractivity contribution in [3.63, 3.8) is 0 Å². The zero-order valence-corrected chi connectivity index (χ0v) is 16.5. The molecule has 1 aliphatic rings. The normalized spacial score (nSPS) is 17.8. The van der Waals surface area contributed by atoms with Crippen LogP contribution in [0.5, 0.6) is 0 Å². The van der Waals surface area contributed by atoms with E-state index in [1.54, 1.807) is 15.9 Å². The smallest absolute Gasteiger partial charge is 0.268 e. The van der Waals surface area contributed by atoms with Crippen LogP contribution in [0.2, 0.25) is 0 Å². The van der Waals surface area contributed by atoms with E-state index in [9.17, 15) is 8.42 Å². The Morgan fingerprint density at radius 3 is 2.52 bits per heavy atom. The molecule has 0 aliphatic carbocycles. The summed E-state index contributed by atoms with van der Waals surface area (Å²) in [5.41, 5.74) is 3.20. The SMILES string of the molecule is CCn1nc(C)c(S(=O)(=O)N2c3ccccc3CCC2C(C)C)c1C. The highest BCUT2D eigenvalue weighted by atomic mass is 32.2. The summed E-state index contributed by atoms with van der Waals surface area (Å²) < 4.78 is 30.8. The molecule has 2 aromatic rings. The van der Waals surface area contributed by atoms with Crippen LogP contribution in [0, 0.1) is 19.8 Å². The third-order valence-electron chi connectivity index (χ3n) is 5.14. The first kappa shape index (κ1) is 18.0. The van der Waals surface area contributed by atoms with Crippen LogP contribution in [0.3, 0.4) is 0 Å². The molecular formula is C19H27N3O2S. The minimum absolute atomic E-state index is 0.0383. The van der Waals surface area contributed by atoms with Crippen LogP contribution in [0.1, 0.15) is 44.1 Å². The molecule has 0 radical (unpaired) electrons. The highest BCUT2D eigenvalue weighted by Crippen LogP contribution is 2.39. The predicted molar refractivity (Wildman–Crippen MR) is 100 cm³/mol. The maximum atomic E-state index is 13.7. The zero-order chi connectivity index (χ0) is 18.4. The maximum absolute atomic E-state index is 13.7. The minimum atomic E-state index is -3.67. The van der Waals surface area contributed by atoms with E-state index in [4.69, 9.17) is 0 Å². The van der Waals surface area contributed by atoms with E-state index in [0.717, 1.165) is 24.1 Å². The van der Waals surface area contributed by atoms with Crippen molar-refractivity contribution in [2.24, 2.45) is 5.92 Å². The van der Waals surface area contributed by atoms with Gasteiger partial charge in [0.25, 0.3) is 10.0 Å². The Bertz CT molecular complexity index is 884. The highest BCUT2D eigenvalue weighted by Gasteiger charge is 2.39. The number of hydrogen-bond donors (Lipinski definition) is 0. The van der Waals surface area contributed by atoms with Gasteiger partial charge in [-0.05, 0) is 51.2 Å². The fraction of sp³-hybridized carbons (Fsp3) is 0.526. The molecule has 5 nitrogen and oxygen atoms in total. The zero-order valence-electron chi connectivity index (χ0n) is 15.7. The summed E-state index contributed by atoms with van der Waals surface area (Å²) in [7, 11) is -3.67. The fourth-order valence-electron chi connectivity index (χ4n) is 3.91. The van der Waals surface area contributed by atoms with Gasteiger partial charge in [-0.2, -0.15) is 5.10 Å². The number of hydrogen-bond acceptors (Lipinski definition) is 3. The fourth-order valence-corrected chi connectivity index (χ4v) is 6.14. The molecule has 0 saturated carbocycles. The quantitative estimate of drug-likeness (QED) is 0.834. The second-order valence-electron chi connectivity index (χ2n) is 7.10. The van der Waals surface area contributed by atoms with E-state index in [2.05, 4.69) is 18.9 Å². The van der Waals surface area contributed by atoms with Crippen molar-refractivity contribution in [1.82, 2.24) is 9.78 Å². The van der Waals surface area contributed by atoms with Crippen LogP contribution in [-0.2, 0) is 23.0 Å². The molecule has 3 rings (SSSR count). The molecule has 0 fully saturated rings. The van der Waals surface area contributed by atoms with Crippen molar-refractivity contribution >= 4 is 15.7 Å². The summed E-state index contributed by atoms with van der Waals surface area (Å²) in [5, 5.41) is 4.43. The molecular weight excluding hydrogens is 334 g/mol. The van der Waals surface area contributed by atoms with Crippen LogP contribution in [0.15, 0.2) is 29.2 Å². The molecule has 1 atom stereocenters. The van der Waals surface area contributed by atoms with E-state index in [-0.39, 0.29) is 12.0 Å². The number of sulfonamides is 1. The topological polar surface area (TPSA) is 55.2 Å². The number of fused-ring (bicyclic) bond motifs is 1. The second kappa shape index (κ2) is 6.48. The van der Waals surface area contributed by atoms with Gasteiger partial charge in [-0.25, -0.2) is 8.42 Å². The first-order chi connectivity index (χ1) is 11.8. The lowest BCUT2D eigenvalue weighted by atomic mass is 9.91. The second-order valence-corrected chi connectivity index (χ2v) is 8.85. The van der Waals surface area contributed by atoms with Crippen LogP contribution >= 0.6 is 0 Å². The van der Waals surface area contributed by atoms with Gasteiger partial charge in [-0.15, -0.1) is 0 Å².